The molecule has 0 bridgehead atoms. The van der Waals surface area contributed by atoms with Gasteiger partial charge in [0.05, 0.1) is 12.5 Å². The monoisotopic (exact) mass is 336 g/mol. The molecule has 0 saturated heterocycles. The van der Waals surface area contributed by atoms with Gasteiger partial charge in [-0.2, -0.15) is 0 Å². The maximum absolute atomic E-state index is 12.0. The highest BCUT2D eigenvalue weighted by Gasteiger charge is 2.19. The number of hydrogen-bond donors (Lipinski definition) is 3. The van der Waals surface area contributed by atoms with Crippen LogP contribution >= 0.6 is 15.9 Å². The van der Waals surface area contributed by atoms with Crippen molar-refractivity contribution in [2.24, 2.45) is 0 Å². The Bertz CT molecular complexity index is 611. The van der Waals surface area contributed by atoms with Crippen LogP contribution in [0.15, 0.2) is 47.1 Å². The lowest BCUT2D eigenvalue weighted by atomic mass is 10.0. The van der Waals surface area contributed by atoms with Crippen LogP contribution in [0.2, 0.25) is 0 Å². The van der Waals surface area contributed by atoms with E-state index in [4.69, 9.17) is 5.11 Å². The van der Waals surface area contributed by atoms with Crippen molar-refractivity contribution in [3.8, 4) is 0 Å². The average molecular weight is 337 g/mol. The number of carboxylic acid groups (broad SMARTS) is 1. The SMILES string of the molecule is O=C(O)C[C@H](NC(=O)c1ccc[nH]1)c1cccc(Br)c1. The van der Waals surface area contributed by atoms with E-state index in [1.165, 1.54) is 0 Å². The number of carbonyl (C=O) groups excluding carboxylic acids is 1. The lowest BCUT2D eigenvalue weighted by molar-refractivity contribution is -0.137. The van der Waals surface area contributed by atoms with Gasteiger partial charge >= 0.3 is 5.97 Å². The van der Waals surface area contributed by atoms with E-state index in [2.05, 4.69) is 26.2 Å². The second-order valence-electron chi connectivity index (χ2n) is 4.26. The van der Waals surface area contributed by atoms with Gasteiger partial charge in [-0.1, -0.05) is 28.1 Å². The standard InChI is InChI=1S/C14H13BrN2O3/c15-10-4-1-3-9(7-10)12(8-13(18)19)17-14(20)11-5-2-6-16-11/h1-7,12,16H,8H2,(H,17,20)(H,18,19)/t12-/m0/s1. The molecule has 0 fully saturated rings. The summed E-state index contributed by atoms with van der Waals surface area (Å²) in [4.78, 5) is 25.8. The maximum Gasteiger partial charge on any atom is 0.305 e. The zero-order valence-electron chi connectivity index (χ0n) is 10.5. The van der Waals surface area contributed by atoms with Crippen molar-refractivity contribution in [1.82, 2.24) is 10.3 Å². The van der Waals surface area contributed by atoms with Crippen LogP contribution in [-0.2, 0) is 4.79 Å². The summed E-state index contributed by atoms with van der Waals surface area (Å²) in [6, 6.07) is 9.98. The van der Waals surface area contributed by atoms with Crippen LogP contribution in [0.25, 0.3) is 0 Å². The molecule has 1 aromatic carbocycles. The molecule has 3 N–H and O–H groups in total. The quantitative estimate of drug-likeness (QED) is 0.785. The molecule has 0 unspecified atom stereocenters. The van der Waals surface area contributed by atoms with Crippen molar-refractivity contribution in [1.29, 1.82) is 0 Å². The summed E-state index contributed by atoms with van der Waals surface area (Å²) in [7, 11) is 0. The highest BCUT2D eigenvalue weighted by molar-refractivity contribution is 9.10. The van der Waals surface area contributed by atoms with E-state index in [1.807, 2.05) is 6.07 Å². The molecule has 0 aliphatic rings. The van der Waals surface area contributed by atoms with Gasteiger partial charge in [0, 0.05) is 10.7 Å². The Hall–Kier alpha value is -2.08. The summed E-state index contributed by atoms with van der Waals surface area (Å²) in [6.07, 6.45) is 1.46. The largest absolute Gasteiger partial charge is 0.481 e. The molecule has 0 spiro atoms. The van der Waals surface area contributed by atoms with E-state index >= 15 is 0 Å². The highest BCUT2D eigenvalue weighted by atomic mass is 79.9. The normalized spacial score (nSPS) is 11.8. The lowest BCUT2D eigenvalue weighted by Gasteiger charge is -2.17. The van der Waals surface area contributed by atoms with Crippen molar-refractivity contribution in [3.63, 3.8) is 0 Å². The van der Waals surface area contributed by atoms with Crippen molar-refractivity contribution < 1.29 is 14.7 Å². The first kappa shape index (κ1) is 14.3. The number of benzene rings is 1. The molecule has 1 amide bonds. The lowest BCUT2D eigenvalue weighted by Crippen LogP contribution is -2.30. The fourth-order valence-corrected chi connectivity index (χ4v) is 2.27. The Morgan fingerprint density at radius 3 is 2.70 bits per heavy atom. The Kier molecular flexibility index (Phi) is 4.57. The zero-order chi connectivity index (χ0) is 14.5. The molecule has 1 atom stereocenters. The van der Waals surface area contributed by atoms with Crippen LogP contribution in [0.3, 0.4) is 0 Å². The molecule has 0 radical (unpaired) electrons. The van der Waals surface area contributed by atoms with Crippen LogP contribution < -0.4 is 5.32 Å². The molecule has 104 valence electrons. The Balaban J connectivity index is 2.20. The second-order valence-corrected chi connectivity index (χ2v) is 5.18. The fraction of sp³-hybridized carbons (Fsp3) is 0.143. The number of aromatic nitrogens is 1. The zero-order valence-corrected chi connectivity index (χ0v) is 12.1. The first-order valence-corrected chi connectivity index (χ1v) is 6.77. The Morgan fingerprint density at radius 2 is 2.10 bits per heavy atom. The second kappa shape index (κ2) is 6.38. The maximum atomic E-state index is 12.0. The van der Waals surface area contributed by atoms with Crippen LogP contribution in [0, 0.1) is 0 Å². The third-order valence-corrected chi connectivity index (χ3v) is 3.27. The van der Waals surface area contributed by atoms with E-state index in [1.54, 1.807) is 36.5 Å². The minimum atomic E-state index is -0.971. The highest BCUT2D eigenvalue weighted by Crippen LogP contribution is 2.21. The summed E-state index contributed by atoms with van der Waals surface area (Å²) in [5.74, 6) is -1.30. The molecular formula is C14H13BrN2O3. The van der Waals surface area contributed by atoms with Crippen molar-refractivity contribution in [2.75, 3.05) is 0 Å². The summed E-state index contributed by atoms with van der Waals surface area (Å²) >= 11 is 3.34. The molecule has 2 rings (SSSR count). The summed E-state index contributed by atoms with van der Waals surface area (Å²) in [6.45, 7) is 0. The fourth-order valence-electron chi connectivity index (χ4n) is 1.86. The van der Waals surface area contributed by atoms with Crippen LogP contribution in [0.1, 0.15) is 28.5 Å². The number of hydrogen-bond acceptors (Lipinski definition) is 2. The van der Waals surface area contributed by atoms with E-state index in [0.717, 1.165) is 10.0 Å². The van der Waals surface area contributed by atoms with Crippen LogP contribution in [0.4, 0.5) is 0 Å². The van der Waals surface area contributed by atoms with E-state index in [-0.39, 0.29) is 12.3 Å². The summed E-state index contributed by atoms with van der Waals surface area (Å²) < 4.78 is 0.833. The molecule has 5 nitrogen and oxygen atoms in total. The van der Waals surface area contributed by atoms with Gasteiger partial charge in [-0.3, -0.25) is 9.59 Å². The van der Waals surface area contributed by atoms with Crippen molar-refractivity contribution in [3.05, 3.63) is 58.3 Å². The Morgan fingerprint density at radius 1 is 1.30 bits per heavy atom. The van der Waals surface area contributed by atoms with Crippen LogP contribution in [-0.4, -0.2) is 22.0 Å². The molecule has 20 heavy (non-hydrogen) atoms. The molecule has 0 aliphatic carbocycles. The third kappa shape index (κ3) is 3.71. The van der Waals surface area contributed by atoms with Gasteiger partial charge < -0.3 is 15.4 Å². The molecule has 0 saturated carbocycles. The van der Waals surface area contributed by atoms with Gasteiger partial charge in [0.25, 0.3) is 5.91 Å². The van der Waals surface area contributed by atoms with Crippen molar-refractivity contribution in [2.45, 2.75) is 12.5 Å². The molecule has 6 heteroatoms. The van der Waals surface area contributed by atoms with Crippen molar-refractivity contribution >= 4 is 27.8 Å². The van der Waals surface area contributed by atoms with E-state index < -0.39 is 12.0 Å². The van der Waals surface area contributed by atoms with Gasteiger partial charge in [0.1, 0.15) is 5.69 Å². The van der Waals surface area contributed by atoms with Gasteiger partial charge in [-0.05, 0) is 29.8 Å². The molecule has 1 heterocycles. The molecule has 2 aromatic rings. The minimum Gasteiger partial charge on any atom is -0.481 e. The van der Waals surface area contributed by atoms with Gasteiger partial charge in [-0.15, -0.1) is 0 Å². The summed E-state index contributed by atoms with van der Waals surface area (Å²) in [5.41, 5.74) is 1.14. The topological polar surface area (TPSA) is 82.2 Å². The molecule has 1 aromatic heterocycles. The van der Waals surface area contributed by atoms with Gasteiger partial charge in [0.2, 0.25) is 0 Å². The number of aromatic amines is 1. The third-order valence-electron chi connectivity index (χ3n) is 2.78. The smallest absolute Gasteiger partial charge is 0.305 e. The number of amides is 1. The first-order valence-electron chi connectivity index (χ1n) is 5.98. The van der Waals surface area contributed by atoms with Gasteiger partial charge in [-0.25, -0.2) is 0 Å². The average Bonchev–Trinajstić information content (AvgIpc) is 2.91. The van der Waals surface area contributed by atoms with E-state index in [0.29, 0.717) is 5.69 Å². The van der Waals surface area contributed by atoms with E-state index in [9.17, 15) is 9.59 Å². The number of halogens is 1. The number of nitrogens with one attached hydrogen (secondary N) is 2. The number of carbonyl (C=O) groups is 2. The number of rotatable bonds is 5. The minimum absolute atomic E-state index is 0.178. The predicted molar refractivity (Wildman–Crippen MR) is 77.4 cm³/mol. The summed E-state index contributed by atoms with van der Waals surface area (Å²) in [5, 5.41) is 11.7. The number of aliphatic carboxylic acids is 1. The molecule has 0 aliphatic heterocycles. The number of H-pyrrole nitrogens is 1. The van der Waals surface area contributed by atoms with Gasteiger partial charge in [0.15, 0.2) is 0 Å². The first-order chi connectivity index (χ1) is 9.56. The molecular weight excluding hydrogens is 324 g/mol. The number of carboxylic acids is 1. The van der Waals surface area contributed by atoms with Crippen LogP contribution in [0.5, 0.6) is 0 Å². The predicted octanol–water partition coefficient (Wildman–Crippen LogP) is 2.72. The Labute approximate surface area is 124 Å².